The number of benzene rings is 1. The van der Waals surface area contributed by atoms with Gasteiger partial charge in [-0.25, -0.2) is 9.37 Å². The van der Waals surface area contributed by atoms with E-state index in [0.717, 1.165) is 12.3 Å². The predicted molar refractivity (Wildman–Crippen MR) is 82.9 cm³/mol. The van der Waals surface area contributed by atoms with Crippen molar-refractivity contribution in [2.45, 2.75) is 12.3 Å². The first kappa shape index (κ1) is 18.2. The van der Waals surface area contributed by atoms with E-state index in [9.17, 15) is 22.4 Å². The summed E-state index contributed by atoms with van der Waals surface area (Å²) < 4.78 is 57.6. The summed E-state index contributed by atoms with van der Waals surface area (Å²) in [7, 11) is 0. The van der Waals surface area contributed by atoms with Crippen molar-refractivity contribution < 1.29 is 27.1 Å². The fourth-order valence-electron chi connectivity index (χ4n) is 2.44. The van der Waals surface area contributed by atoms with Crippen LogP contribution in [0.2, 0.25) is 0 Å². The minimum Gasteiger partial charge on any atom is -0.371 e. The van der Waals surface area contributed by atoms with Crippen LogP contribution >= 0.6 is 0 Å². The van der Waals surface area contributed by atoms with Crippen molar-refractivity contribution in [3.8, 4) is 0 Å². The van der Waals surface area contributed by atoms with Gasteiger partial charge < -0.3 is 15.4 Å². The third kappa shape index (κ3) is 4.14. The van der Waals surface area contributed by atoms with Gasteiger partial charge >= 0.3 is 6.18 Å². The molecule has 138 valence electrons. The monoisotopic (exact) mass is 370 g/mol. The number of halogens is 4. The standard InChI is InChI=1S/C16H14F4N4O2/c17-11-5-9(1-2-10(11)13-7-21-3-4-26-13)23-15(25)12-6-22-8-14(24-12)16(18,19)20/h1-2,5-6,8,13,21H,3-4,7H2,(H,23,25). The molecule has 1 fully saturated rings. The average Bonchev–Trinajstić information content (AvgIpc) is 2.62. The van der Waals surface area contributed by atoms with Crippen molar-refractivity contribution in [2.75, 3.05) is 25.0 Å². The minimum absolute atomic E-state index is 0.0826. The highest BCUT2D eigenvalue weighted by molar-refractivity contribution is 6.02. The molecular weight excluding hydrogens is 356 g/mol. The lowest BCUT2D eigenvalue weighted by Gasteiger charge is -2.24. The lowest BCUT2D eigenvalue weighted by molar-refractivity contribution is -0.141. The van der Waals surface area contributed by atoms with Gasteiger partial charge in [0.15, 0.2) is 5.69 Å². The fraction of sp³-hybridized carbons (Fsp3) is 0.312. The van der Waals surface area contributed by atoms with Gasteiger partial charge in [-0.15, -0.1) is 0 Å². The zero-order valence-corrected chi connectivity index (χ0v) is 13.3. The van der Waals surface area contributed by atoms with E-state index in [1.54, 1.807) is 0 Å². The summed E-state index contributed by atoms with van der Waals surface area (Å²) in [5, 5.41) is 5.38. The summed E-state index contributed by atoms with van der Waals surface area (Å²) >= 11 is 0. The highest BCUT2D eigenvalue weighted by atomic mass is 19.4. The Bertz CT molecular complexity index is 807. The molecule has 0 spiro atoms. The molecular formula is C16H14F4N4O2. The average molecular weight is 370 g/mol. The Kier molecular flexibility index (Phi) is 5.14. The Morgan fingerprint density at radius 3 is 2.77 bits per heavy atom. The summed E-state index contributed by atoms with van der Waals surface area (Å²) in [5.41, 5.74) is -1.40. The van der Waals surface area contributed by atoms with Gasteiger partial charge in [-0.05, 0) is 12.1 Å². The fourth-order valence-corrected chi connectivity index (χ4v) is 2.44. The van der Waals surface area contributed by atoms with Gasteiger partial charge in [0.2, 0.25) is 0 Å². The molecule has 0 saturated carbocycles. The summed E-state index contributed by atoms with van der Waals surface area (Å²) in [6, 6.07) is 3.97. The van der Waals surface area contributed by atoms with Crippen LogP contribution in [0.15, 0.2) is 30.6 Å². The van der Waals surface area contributed by atoms with E-state index in [2.05, 4.69) is 20.6 Å². The molecule has 1 amide bonds. The Hall–Kier alpha value is -2.59. The number of anilines is 1. The normalized spacial score (nSPS) is 17.8. The van der Waals surface area contributed by atoms with Crippen molar-refractivity contribution in [1.29, 1.82) is 0 Å². The number of ether oxygens (including phenoxy) is 1. The largest absolute Gasteiger partial charge is 0.434 e. The number of amides is 1. The third-order valence-corrected chi connectivity index (χ3v) is 3.69. The van der Waals surface area contributed by atoms with Crippen LogP contribution in [0.4, 0.5) is 23.2 Å². The maximum atomic E-state index is 14.3. The SMILES string of the molecule is O=C(Nc1ccc(C2CNCCO2)c(F)c1)c1cncc(C(F)(F)F)n1. The van der Waals surface area contributed by atoms with Crippen LogP contribution in [0.1, 0.15) is 27.8 Å². The van der Waals surface area contributed by atoms with Crippen LogP contribution in [-0.4, -0.2) is 35.6 Å². The first-order chi connectivity index (χ1) is 12.3. The molecule has 3 rings (SSSR count). The van der Waals surface area contributed by atoms with E-state index < -0.39 is 35.4 Å². The Morgan fingerprint density at radius 2 is 2.12 bits per heavy atom. The molecule has 2 heterocycles. The maximum absolute atomic E-state index is 14.3. The first-order valence-electron chi connectivity index (χ1n) is 7.67. The Labute approximate surface area is 145 Å². The van der Waals surface area contributed by atoms with Crippen LogP contribution in [0, 0.1) is 5.82 Å². The molecule has 1 aliphatic rings. The zero-order valence-electron chi connectivity index (χ0n) is 13.3. The van der Waals surface area contributed by atoms with Gasteiger partial charge in [-0.1, -0.05) is 6.07 Å². The highest BCUT2D eigenvalue weighted by Gasteiger charge is 2.33. The van der Waals surface area contributed by atoms with E-state index in [4.69, 9.17) is 4.74 Å². The van der Waals surface area contributed by atoms with Crippen LogP contribution in [0.5, 0.6) is 0 Å². The Balaban J connectivity index is 1.74. The van der Waals surface area contributed by atoms with Crippen LogP contribution in [-0.2, 0) is 10.9 Å². The van der Waals surface area contributed by atoms with Gasteiger partial charge in [0, 0.05) is 24.3 Å². The number of rotatable bonds is 3. The second-order valence-electron chi connectivity index (χ2n) is 5.54. The number of alkyl halides is 3. The molecule has 1 aromatic heterocycles. The molecule has 2 N–H and O–H groups in total. The quantitative estimate of drug-likeness (QED) is 0.813. The number of morpholine rings is 1. The Morgan fingerprint density at radius 1 is 1.31 bits per heavy atom. The van der Waals surface area contributed by atoms with Crippen molar-refractivity contribution in [1.82, 2.24) is 15.3 Å². The molecule has 1 aliphatic heterocycles. The number of hydrogen-bond acceptors (Lipinski definition) is 5. The molecule has 1 atom stereocenters. The molecule has 1 saturated heterocycles. The van der Waals surface area contributed by atoms with Crippen molar-refractivity contribution >= 4 is 11.6 Å². The zero-order chi connectivity index (χ0) is 18.7. The van der Waals surface area contributed by atoms with E-state index in [1.165, 1.54) is 12.1 Å². The van der Waals surface area contributed by atoms with E-state index in [1.807, 2.05) is 0 Å². The minimum atomic E-state index is -4.72. The topological polar surface area (TPSA) is 76.1 Å². The molecule has 0 radical (unpaired) electrons. The van der Waals surface area contributed by atoms with Crippen LogP contribution in [0.25, 0.3) is 0 Å². The van der Waals surface area contributed by atoms with E-state index in [0.29, 0.717) is 31.5 Å². The van der Waals surface area contributed by atoms with E-state index in [-0.39, 0.29) is 5.69 Å². The van der Waals surface area contributed by atoms with Gasteiger partial charge in [0.25, 0.3) is 5.91 Å². The van der Waals surface area contributed by atoms with Crippen molar-refractivity contribution in [3.63, 3.8) is 0 Å². The summed E-state index contributed by atoms with van der Waals surface area (Å²) in [6.45, 7) is 1.60. The van der Waals surface area contributed by atoms with Gasteiger partial charge in [0.05, 0.1) is 25.1 Å². The number of carbonyl (C=O) groups excluding carboxylic acids is 1. The number of hydrogen-bond donors (Lipinski definition) is 2. The summed E-state index contributed by atoms with van der Waals surface area (Å²) in [6.07, 6.45) is -3.74. The van der Waals surface area contributed by atoms with Gasteiger partial charge in [-0.2, -0.15) is 13.2 Å². The summed E-state index contributed by atoms with van der Waals surface area (Å²) in [4.78, 5) is 18.7. The number of aromatic nitrogens is 2. The lowest BCUT2D eigenvalue weighted by Crippen LogP contribution is -2.33. The lowest BCUT2D eigenvalue weighted by atomic mass is 10.1. The molecule has 1 unspecified atom stereocenters. The third-order valence-electron chi connectivity index (χ3n) is 3.69. The smallest absolute Gasteiger partial charge is 0.371 e. The van der Waals surface area contributed by atoms with Crippen molar-refractivity contribution in [2.24, 2.45) is 0 Å². The summed E-state index contributed by atoms with van der Waals surface area (Å²) in [5.74, 6) is -1.52. The molecule has 10 heteroatoms. The molecule has 1 aromatic carbocycles. The van der Waals surface area contributed by atoms with Crippen LogP contribution < -0.4 is 10.6 Å². The van der Waals surface area contributed by atoms with Gasteiger partial charge in [0.1, 0.15) is 11.5 Å². The molecule has 0 aliphatic carbocycles. The second kappa shape index (κ2) is 7.34. The number of nitrogens with one attached hydrogen (secondary N) is 2. The number of nitrogens with zero attached hydrogens (tertiary/aromatic N) is 2. The molecule has 0 bridgehead atoms. The predicted octanol–water partition coefficient (Wildman–Crippen LogP) is 2.55. The van der Waals surface area contributed by atoms with Crippen molar-refractivity contribution in [3.05, 3.63) is 53.4 Å². The van der Waals surface area contributed by atoms with Gasteiger partial charge in [-0.3, -0.25) is 9.78 Å². The highest BCUT2D eigenvalue weighted by Crippen LogP contribution is 2.27. The molecule has 2 aromatic rings. The maximum Gasteiger partial charge on any atom is 0.434 e. The van der Waals surface area contributed by atoms with Crippen LogP contribution in [0.3, 0.4) is 0 Å². The van der Waals surface area contributed by atoms with E-state index >= 15 is 0 Å². The second-order valence-corrected chi connectivity index (χ2v) is 5.54. The first-order valence-corrected chi connectivity index (χ1v) is 7.67. The number of carbonyl (C=O) groups is 1. The molecule has 26 heavy (non-hydrogen) atoms. The molecule has 6 nitrogen and oxygen atoms in total.